The highest BCUT2D eigenvalue weighted by molar-refractivity contribution is 7.80. The molecule has 2 N–H and O–H groups in total. The summed E-state index contributed by atoms with van der Waals surface area (Å²) in [5, 5.41) is 6.48. The molecule has 0 spiro atoms. The molecule has 0 aliphatic heterocycles. The van der Waals surface area contributed by atoms with Gasteiger partial charge >= 0.3 is 0 Å². The summed E-state index contributed by atoms with van der Waals surface area (Å²) in [5.74, 6) is 0.313. The summed E-state index contributed by atoms with van der Waals surface area (Å²) in [7, 11) is 0. The second-order valence-electron chi connectivity index (χ2n) is 6.09. The fourth-order valence-electron chi connectivity index (χ4n) is 2.93. The fourth-order valence-corrected chi connectivity index (χ4v) is 3.14. The number of thiocarbonyl (C=S) groups is 1. The molecular weight excluding hydrogens is 359 g/mol. The Morgan fingerprint density at radius 1 is 0.926 bits per heavy atom. The third-order valence-corrected chi connectivity index (χ3v) is 4.35. The van der Waals surface area contributed by atoms with E-state index in [2.05, 4.69) is 32.3 Å². The number of aromatic nitrogens is 2. The number of fused-ring (bicyclic) bond motifs is 1. The minimum Gasteiger partial charge on any atom is -0.332 e. The Bertz CT molecular complexity index is 1090. The van der Waals surface area contributed by atoms with E-state index in [9.17, 15) is 4.39 Å². The van der Waals surface area contributed by atoms with Gasteiger partial charge in [0.05, 0.1) is 17.6 Å². The van der Waals surface area contributed by atoms with Crippen molar-refractivity contribution in [3.63, 3.8) is 0 Å². The highest BCUT2D eigenvalue weighted by Crippen LogP contribution is 2.21. The van der Waals surface area contributed by atoms with Crippen LogP contribution >= 0.6 is 12.2 Å². The molecule has 0 bridgehead atoms. The van der Waals surface area contributed by atoms with Crippen LogP contribution in [0.15, 0.2) is 78.9 Å². The zero-order chi connectivity index (χ0) is 18.6. The number of nitrogens with one attached hydrogen (secondary N) is 2. The lowest BCUT2D eigenvalue weighted by Crippen LogP contribution is -2.21. The van der Waals surface area contributed by atoms with Crippen LogP contribution in [-0.2, 0) is 6.54 Å². The molecule has 4 nitrogen and oxygen atoms in total. The molecule has 0 aliphatic rings. The van der Waals surface area contributed by atoms with E-state index in [1.165, 1.54) is 12.1 Å². The van der Waals surface area contributed by atoms with Crippen molar-refractivity contribution in [2.75, 3.05) is 10.6 Å². The maximum Gasteiger partial charge on any atom is 0.210 e. The van der Waals surface area contributed by atoms with Crippen LogP contribution in [0.1, 0.15) is 5.56 Å². The van der Waals surface area contributed by atoms with Crippen LogP contribution in [0.2, 0.25) is 0 Å². The molecule has 1 heterocycles. The van der Waals surface area contributed by atoms with E-state index in [1.54, 1.807) is 12.1 Å². The van der Waals surface area contributed by atoms with Crippen molar-refractivity contribution in [2.24, 2.45) is 0 Å². The SMILES string of the molecule is Fc1cccc(NC(=S)Nc2nc3ccccc3n2Cc2ccccc2)c1. The Morgan fingerprint density at radius 3 is 2.52 bits per heavy atom. The summed E-state index contributed by atoms with van der Waals surface area (Å²) < 4.78 is 15.4. The molecule has 1 aromatic heterocycles. The first kappa shape index (κ1) is 17.2. The number of benzene rings is 3. The molecule has 4 aromatic rings. The van der Waals surface area contributed by atoms with Crippen molar-refractivity contribution in [1.82, 2.24) is 9.55 Å². The van der Waals surface area contributed by atoms with Crippen molar-refractivity contribution < 1.29 is 4.39 Å². The molecule has 0 fully saturated rings. The predicted octanol–water partition coefficient (Wildman–Crippen LogP) is 5.03. The quantitative estimate of drug-likeness (QED) is 0.490. The minimum atomic E-state index is -0.320. The van der Waals surface area contributed by atoms with Crippen molar-refractivity contribution in [2.45, 2.75) is 6.54 Å². The van der Waals surface area contributed by atoms with Crippen LogP contribution in [0.25, 0.3) is 11.0 Å². The van der Waals surface area contributed by atoms with Gasteiger partial charge in [-0.1, -0.05) is 48.5 Å². The largest absolute Gasteiger partial charge is 0.332 e. The Morgan fingerprint density at radius 2 is 1.70 bits per heavy atom. The summed E-state index contributed by atoms with van der Waals surface area (Å²) in [6.07, 6.45) is 0. The van der Waals surface area contributed by atoms with Crippen LogP contribution in [0.3, 0.4) is 0 Å². The van der Waals surface area contributed by atoms with E-state index >= 15 is 0 Å². The average Bonchev–Trinajstić information content (AvgIpc) is 3.00. The molecule has 0 aliphatic carbocycles. The van der Waals surface area contributed by atoms with Crippen molar-refractivity contribution in [3.8, 4) is 0 Å². The molecule has 0 radical (unpaired) electrons. The topological polar surface area (TPSA) is 41.9 Å². The smallest absolute Gasteiger partial charge is 0.210 e. The lowest BCUT2D eigenvalue weighted by molar-refractivity contribution is 0.628. The van der Waals surface area contributed by atoms with Crippen LogP contribution in [-0.4, -0.2) is 14.7 Å². The second kappa shape index (κ2) is 7.55. The predicted molar refractivity (Wildman–Crippen MR) is 112 cm³/mol. The molecule has 134 valence electrons. The Labute approximate surface area is 161 Å². The molecule has 3 aromatic carbocycles. The van der Waals surface area contributed by atoms with Crippen molar-refractivity contribution in [3.05, 3.63) is 90.2 Å². The second-order valence-corrected chi connectivity index (χ2v) is 6.49. The summed E-state index contributed by atoms with van der Waals surface area (Å²) in [4.78, 5) is 4.66. The lowest BCUT2D eigenvalue weighted by Gasteiger charge is -2.13. The standard InChI is InChI=1S/C21H17FN4S/c22-16-9-6-10-17(13-16)23-21(27)25-20-24-18-11-4-5-12-19(18)26(20)14-15-7-2-1-3-8-15/h1-13H,14H2,(H2,23,24,25,27). The fraction of sp³-hybridized carbons (Fsp3) is 0.0476. The molecule has 0 atom stereocenters. The number of halogens is 1. The van der Waals surface area contributed by atoms with E-state index in [-0.39, 0.29) is 5.82 Å². The summed E-state index contributed by atoms with van der Waals surface area (Å²) in [6, 6.07) is 24.3. The first-order valence-electron chi connectivity index (χ1n) is 8.52. The number of anilines is 2. The van der Waals surface area contributed by atoms with Gasteiger partial charge < -0.3 is 15.2 Å². The highest BCUT2D eigenvalue weighted by Gasteiger charge is 2.12. The molecule has 27 heavy (non-hydrogen) atoms. The third kappa shape index (κ3) is 3.96. The summed E-state index contributed by atoms with van der Waals surface area (Å²) in [6.45, 7) is 0.659. The number of para-hydroxylation sites is 2. The Kier molecular flexibility index (Phi) is 4.80. The molecule has 0 unspecified atom stereocenters. The minimum absolute atomic E-state index is 0.320. The average molecular weight is 376 g/mol. The lowest BCUT2D eigenvalue weighted by atomic mass is 10.2. The molecule has 0 amide bonds. The van der Waals surface area contributed by atoms with E-state index in [0.29, 0.717) is 23.3 Å². The van der Waals surface area contributed by atoms with E-state index in [0.717, 1.165) is 16.6 Å². The number of hydrogen-bond donors (Lipinski definition) is 2. The number of imidazole rings is 1. The molecule has 4 rings (SSSR count). The van der Waals surface area contributed by atoms with Gasteiger partial charge in [-0.2, -0.15) is 0 Å². The van der Waals surface area contributed by atoms with Crippen LogP contribution in [0.5, 0.6) is 0 Å². The van der Waals surface area contributed by atoms with Crippen LogP contribution in [0, 0.1) is 5.82 Å². The normalized spacial score (nSPS) is 10.7. The molecule has 0 saturated heterocycles. The van der Waals surface area contributed by atoms with Gasteiger partial charge in [-0.25, -0.2) is 9.37 Å². The number of rotatable bonds is 4. The zero-order valence-electron chi connectivity index (χ0n) is 14.4. The number of hydrogen-bond acceptors (Lipinski definition) is 2. The van der Waals surface area contributed by atoms with Crippen molar-refractivity contribution in [1.29, 1.82) is 0 Å². The Hall–Kier alpha value is -3.25. The van der Waals surface area contributed by atoms with E-state index < -0.39 is 0 Å². The third-order valence-electron chi connectivity index (χ3n) is 4.15. The van der Waals surface area contributed by atoms with E-state index in [1.807, 2.05) is 42.5 Å². The van der Waals surface area contributed by atoms with Gasteiger partial charge in [0.15, 0.2) is 5.11 Å². The maximum atomic E-state index is 13.4. The van der Waals surface area contributed by atoms with Gasteiger partial charge in [-0.3, -0.25) is 0 Å². The molecule has 0 saturated carbocycles. The molecule has 6 heteroatoms. The first-order chi connectivity index (χ1) is 13.2. The van der Waals surface area contributed by atoms with Gasteiger partial charge in [0.25, 0.3) is 0 Å². The van der Waals surface area contributed by atoms with Gasteiger partial charge in [0, 0.05) is 5.69 Å². The zero-order valence-corrected chi connectivity index (χ0v) is 15.2. The maximum absolute atomic E-state index is 13.4. The monoisotopic (exact) mass is 376 g/mol. The van der Waals surface area contributed by atoms with Crippen LogP contribution in [0.4, 0.5) is 16.0 Å². The molecular formula is C21H17FN4S. The Balaban J connectivity index is 1.62. The van der Waals surface area contributed by atoms with Crippen molar-refractivity contribution >= 4 is 40.0 Å². The van der Waals surface area contributed by atoms with E-state index in [4.69, 9.17) is 12.2 Å². The first-order valence-corrected chi connectivity index (χ1v) is 8.92. The van der Waals surface area contributed by atoms with Gasteiger partial charge in [-0.15, -0.1) is 0 Å². The summed E-state index contributed by atoms with van der Waals surface area (Å²) >= 11 is 5.39. The van der Waals surface area contributed by atoms with Gasteiger partial charge in [0.1, 0.15) is 5.82 Å². The van der Waals surface area contributed by atoms with Gasteiger partial charge in [0.2, 0.25) is 5.95 Å². The highest BCUT2D eigenvalue weighted by atomic mass is 32.1. The van der Waals surface area contributed by atoms with Gasteiger partial charge in [-0.05, 0) is 48.1 Å². The number of nitrogens with zero attached hydrogens (tertiary/aromatic N) is 2. The summed E-state index contributed by atoms with van der Waals surface area (Å²) in [5.41, 5.74) is 3.63. The van der Waals surface area contributed by atoms with Crippen LogP contribution < -0.4 is 10.6 Å².